The van der Waals surface area contributed by atoms with Crippen LogP contribution in [0.15, 0.2) is 45.5 Å². The lowest BCUT2D eigenvalue weighted by Gasteiger charge is -2.08. The molecule has 8 heteroatoms. The van der Waals surface area contributed by atoms with Gasteiger partial charge in [0.1, 0.15) is 0 Å². The molecule has 27 heavy (non-hydrogen) atoms. The lowest BCUT2D eigenvalue weighted by molar-refractivity contribution is -0.116. The van der Waals surface area contributed by atoms with E-state index in [9.17, 15) is 4.79 Å². The maximum atomic E-state index is 12.4. The summed E-state index contributed by atoms with van der Waals surface area (Å²) in [4.78, 5) is 16.9. The van der Waals surface area contributed by atoms with Gasteiger partial charge in [0.2, 0.25) is 23.6 Å². The highest BCUT2D eigenvalue weighted by Crippen LogP contribution is 2.22. The molecule has 0 bridgehead atoms. The van der Waals surface area contributed by atoms with Crippen LogP contribution < -0.4 is 5.32 Å². The molecular weight excluding hydrogens is 362 g/mol. The van der Waals surface area contributed by atoms with Gasteiger partial charge in [-0.3, -0.25) is 10.1 Å². The van der Waals surface area contributed by atoms with Gasteiger partial charge in [-0.25, -0.2) is 4.98 Å². The second kappa shape index (κ2) is 7.71. The Morgan fingerprint density at radius 1 is 1.26 bits per heavy atom. The molecule has 0 atom stereocenters. The molecule has 0 unspecified atom stereocenters. The number of para-hydroxylation sites is 2. The van der Waals surface area contributed by atoms with Gasteiger partial charge in [0, 0.05) is 30.3 Å². The minimum absolute atomic E-state index is 0.127. The summed E-state index contributed by atoms with van der Waals surface area (Å²) in [5, 5.41) is 14.9. The van der Waals surface area contributed by atoms with Crippen LogP contribution in [-0.2, 0) is 17.8 Å². The summed E-state index contributed by atoms with van der Waals surface area (Å²) in [6.07, 6.45) is 1.59. The summed E-state index contributed by atoms with van der Waals surface area (Å²) in [6, 6.07) is 9.80. The van der Waals surface area contributed by atoms with Crippen LogP contribution in [-0.4, -0.2) is 25.7 Å². The second-order valence-corrected chi connectivity index (χ2v) is 6.92. The van der Waals surface area contributed by atoms with Crippen molar-refractivity contribution < 1.29 is 9.21 Å². The van der Waals surface area contributed by atoms with Crippen LogP contribution in [0.3, 0.4) is 0 Å². The third-order valence-corrected chi connectivity index (χ3v) is 4.84. The van der Waals surface area contributed by atoms with Crippen LogP contribution >= 0.6 is 11.3 Å². The van der Waals surface area contributed by atoms with Crippen molar-refractivity contribution >= 4 is 34.2 Å². The molecule has 3 aromatic heterocycles. The van der Waals surface area contributed by atoms with Crippen LogP contribution in [0.4, 0.5) is 5.95 Å². The molecule has 4 rings (SSSR count). The van der Waals surface area contributed by atoms with Crippen LogP contribution in [0.2, 0.25) is 0 Å². The first-order valence-corrected chi connectivity index (χ1v) is 9.79. The van der Waals surface area contributed by atoms with E-state index in [4.69, 9.17) is 4.42 Å². The number of amides is 1. The molecule has 1 N–H and O–H groups in total. The highest BCUT2D eigenvalue weighted by atomic mass is 32.1. The van der Waals surface area contributed by atoms with E-state index in [1.165, 1.54) is 0 Å². The number of nitrogens with one attached hydrogen (secondary N) is 1. The van der Waals surface area contributed by atoms with Crippen molar-refractivity contribution in [1.29, 1.82) is 0 Å². The average molecular weight is 381 g/mol. The molecule has 0 saturated carbocycles. The van der Waals surface area contributed by atoms with Gasteiger partial charge in [0.15, 0.2) is 0 Å². The quantitative estimate of drug-likeness (QED) is 0.520. The topological polar surface area (TPSA) is 85.8 Å². The lowest BCUT2D eigenvalue weighted by Crippen LogP contribution is -2.16. The van der Waals surface area contributed by atoms with Crippen molar-refractivity contribution in [2.75, 3.05) is 5.32 Å². The molecular formula is C19H19N5O2S. The minimum atomic E-state index is -0.127. The van der Waals surface area contributed by atoms with Crippen molar-refractivity contribution in [3.05, 3.63) is 47.0 Å². The molecule has 0 aliphatic heterocycles. The zero-order valence-electron chi connectivity index (χ0n) is 14.9. The standard InChI is InChI=1S/C19H19N5O2S/c1-2-10-24-15-6-4-3-5-14(15)20-19(24)21-16(25)7-8-17-22-23-18(26-17)13-9-11-27-12-13/h3-6,9,11-12H,2,7-8,10H2,1H3,(H,20,21,25). The number of fused-ring (bicyclic) bond motifs is 1. The average Bonchev–Trinajstić information content (AvgIpc) is 3.41. The van der Waals surface area contributed by atoms with Gasteiger partial charge >= 0.3 is 0 Å². The Morgan fingerprint density at radius 2 is 2.15 bits per heavy atom. The largest absolute Gasteiger partial charge is 0.421 e. The third kappa shape index (κ3) is 3.75. The first-order chi connectivity index (χ1) is 13.2. The minimum Gasteiger partial charge on any atom is -0.421 e. The fraction of sp³-hybridized carbons (Fsp3) is 0.263. The highest BCUT2D eigenvalue weighted by molar-refractivity contribution is 7.08. The summed E-state index contributed by atoms with van der Waals surface area (Å²) in [7, 11) is 0. The summed E-state index contributed by atoms with van der Waals surface area (Å²) in [5.74, 6) is 1.38. The van der Waals surface area contributed by atoms with Crippen LogP contribution in [0.5, 0.6) is 0 Å². The zero-order valence-corrected chi connectivity index (χ0v) is 15.7. The number of rotatable bonds is 7. The SMILES string of the molecule is CCCn1c(NC(=O)CCc2nnc(-c3ccsc3)o2)nc2ccccc21. The van der Waals surface area contributed by atoms with Crippen LogP contribution in [0.1, 0.15) is 25.7 Å². The number of anilines is 1. The summed E-state index contributed by atoms with van der Waals surface area (Å²) in [5.41, 5.74) is 2.79. The molecule has 0 spiro atoms. The van der Waals surface area contributed by atoms with Gasteiger partial charge in [-0.2, -0.15) is 11.3 Å². The molecule has 0 aliphatic rings. The van der Waals surface area contributed by atoms with Gasteiger partial charge in [0.05, 0.1) is 11.0 Å². The number of hydrogen-bond acceptors (Lipinski definition) is 6. The van der Waals surface area contributed by atoms with Crippen molar-refractivity contribution in [3.63, 3.8) is 0 Å². The van der Waals surface area contributed by atoms with Crippen LogP contribution in [0.25, 0.3) is 22.5 Å². The Labute approximate surface area is 160 Å². The number of thiophene rings is 1. The van der Waals surface area contributed by atoms with Crippen molar-refractivity contribution in [1.82, 2.24) is 19.7 Å². The molecule has 0 aliphatic carbocycles. The number of hydrogen-bond donors (Lipinski definition) is 1. The first-order valence-electron chi connectivity index (χ1n) is 8.84. The van der Waals surface area contributed by atoms with Crippen molar-refractivity contribution in [2.24, 2.45) is 0 Å². The molecule has 1 aromatic carbocycles. The Kier molecular flexibility index (Phi) is 4.97. The van der Waals surface area contributed by atoms with E-state index < -0.39 is 0 Å². The third-order valence-electron chi connectivity index (χ3n) is 4.15. The van der Waals surface area contributed by atoms with Gasteiger partial charge in [0.25, 0.3) is 0 Å². The van der Waals surface area contributed by atoms with Crippen LogP contribution in [0, 0.1) is 0 Å². The molecule has 7 nitrogen and oxygen atoms in total. The maximum absolute atomic E-state index is 12.4. The zero-order chi connectivity index (χ0) is 18.6. The molecule has 0 radical (unpaired) electrons. The van der Waals surface area contributed by atoms with E-state index in [0.717, 1.165) is 29.6 Å². The molecule has 4 aromatic rings. The lowest BCUT2D eigenvalue weighted by atomic mass is 10.3. The summed E-state index contributed by atoms with van der Waals surface area (Å²) in [6.45, 7) is 2.89. The second-order valence-electron chi connectivity index (χ2n) is 6.14. The number of imidazole rings is 1. The van der Waals surface area contributed by atoms with E-state index in [1.807, 2.05) is 45.7 Å². The predicted octanol–water partition coefficient (Wildman–Crippen LogP) is 4.13. The number of benzene rings is 1. The first kappa shape index (κ1) is 17.4. The maximum Gasteiger partial charge on any atom is 0.248 e. The Morgan fingerprint density at radius 3 is 2.96 bits per heavy atom. The fourth-order valence-corrected chi connectivity index (χ4v) is 3.52. The monoisotopic (exact) mass is 381 g/mol. The van der Waals surface area contributed by atoms with E-state index in [-0.39, 0.29) is 12.3 Å². The Balaban J connectivity index is 1.42. The van der Waals surface area contributed by atoms with Gasteiger partial charge < -0.3 is 8.98 Å². The van der Waals surface area contributed by atoms with E-state index in [1.54, 1.807) is 11.3 Å². The van der Waals surface area contributed by atoms with E-state index in [2.05, 4.69) is 27.4 Å². The molecule has 138 valence electrons. The fourth-order valence-electron chi connectivity index (χ4n) is 2.89. The smallest absolute Gasteiger partial charge is 0.248 e. The summed E-state index contributed by atoms with van der Waals surface area (Å²) >= 11 is 1.57. The van der Waals surface area contributed by atoms with E-state index >= 15 is 0 Å². The Hall–Kier alpha value is -3.00. The molecule has 0 fully saturated rings. The molecule has 3 heterocycles. The normalized spacial score (nSPS) is 11.1. The highest BCUT2D eigenvalue weighted by Gasteiger charge is 2.14. The van der Waals surface area contributed by atoms with E-state index in [0.29, 0.717) is 24.2 Å². The van der Waals surface area contributed by atoms with Gasteiger partial charge in [-0.1, -0.05) is 19.1 Å². The summed E-state index contributed by atoms with van der Waals surface area (Å²) < 4.78 is 7.66. The Bertz CT molecular complexity index is 1050. The number of carbonyl (C=O) groups excluding carboxylic acids is 1. The molecule has 0 saturated heterocycles. The van der Waals surface area contributed by atoms with Crippen molar-refractivity contribution in [3.8, 4) is 11.5 Å². The van der Waals surface area contributed by atoms with Crippen molar-refractivity contribution in [2.45, 2.75) is 32.7 Å². The number of nitrogens with zero attached hydrogens (tertiary/aromatic N) is 4. The number of aryl methyl sites for hydroxylation is 2. The number of aromatic nitrogens is 4. The predicted molar refractivity (Wildman–Crippen MR) is 105 cm³/mol. The van der Waals surface area contributed by atoms with Gasteiger partial charge in [-0.05, 0) is 30.0 Å². The van der Waals surface area contributed by atoms with Gasteiger partial charge in [-0.15, -0.1) is 10.2 Å². The number of carbonyl (C=O) groups is 1. The molecule has 1 amide bonds.